The fraction of sp³-hybridized carbons (Fsp3) is 0.111. The second kappa shape index (κ2) is 4.50. The summed E-state index contributed by atoms with van der Waals surface area (Å²) in [5.41, 5.74) is 0.379. The normalized spacial score (nSPS) is 11.4. The number of pyridine rings is 1. The number of halogens is 1. The molecular weight excluding hydrogens is 281 g/mol. The molecule has 0 bridgehead atoms. The Hall–Kier alpha value is -1.74. The first-order valence-corrected chi connectivity index (χ1v) is 7.02. The molecular formula is C9H8FN3O3S2. The van der Waals surface area contributed by atoms with Gasteiger partial charge in [0.05, 0.1) is 11.9 Å². The van der Waals surface area contributed by atoms with Crippen LogP contribution < -0.4 is 9.60 Å². The highest BCUT2D eigenvalue weighted by Gasteiger charge is 2.20. The zero-order valence-electron chi connectivity index (χ0n) is 9.10. The molecule has 2 rings (SSSR count). The van der Waals surface area contributed by atoms with E-state index in [4.69, 9.17) is 0 Å². The number of nitrogens with zero attached hydrogens (tertiary/aromatic N) is 1. The van der Waals surface area contributed by atoms with Crippen molar-refractivity contribution in [2.45, 2.75) is 11.1 Å². The molecule has 0 unspecified atom stereocenters. The summed E-state index contributed by atoms with van der Waals surface area (Å²) in [6.07, 6.45) is 1.05. The molecule has 0 aliphatic rings. The molecule has 18 heavy (non-hydrogen) atoms. The molecule has 9 heteroatoms. The van der Waals surface area contributed by atoms with E-state index < -0.39 is 20.8 Å². The summed E-state index contributed by atoms with van der Waals surface area (Å²) in [6, 6.07) is 2.27. The van der Waals surface area contributed by atoms with Crippen LogP contribution in [-0.2, 0) is 10.0 Å². The Kier molecular flexibility index (Phi) is 3.18. The summed E-state index contributed by atoms with van der Waals surface area (Å²) < 4.78 is 38.6. The van der Waals surface area contributed by atoms with Gasteiger partial charge < -0.3 is 4.98 Å². The summed E-state index contributed by atoms with van der Waals surface area (Å²) in [5, 5.41) is 0. The van der Waals surface area contributed by atoms with E-state index in [0.29, 0.717) is 11.3 Å². The maximum absolute atomic E-state index is 12.6. The molecule has 6 nitrogen and oxygen atoms in total. The van der Waals surface area contributed by atoms with Crippen molar-refractivity contribution in [1.82, 2.24) is 9.97 Å². The summed E-state index contributed by atoms with van der Waals surface area (Å²) in [7, 11) is -3.86. The lowest BCUT2D eigenvalue weighted by Gasteiger charge is -2.05. The van der Waals surface area contributed by atoms with Crippen LogP contribution in [0.25, 0.3) is 0 Å². The van der Waals surface area contributed by atoms with E-state index in [0.717, 1.165) is 12.3 Å². The lowest BCUT2D eigenvalue weighted by atomic mass is 10.4. The quantitative estimate of drug-likeness (QED) is 0.827. The molecule has 0 fully saturated rings. The van der Waals surface area contributed by atoms with E-state index in [1.807, 2.05) is 0 Å². The van der Waals surface area contributed by atoms with Gasteiger partial charge in [0.15, 0.2) is 4.21 Å². The Labute approximate surface area is 106 Å². The minimum absolute atomic E-state index is 0.100. The van der Waals surface area contributed by atoms with Crippen LogP contribution in [0, 0.1) is 12.9 Å². The highest BCUT2D eigenvalue weighted by atomic mass is 32.2. The molecule has 0 aliphatic heterocycles. The first-order chi connectivity index (χ1) is 8.38. The Morgan fingerprint density at radius 1 is 1.44 bits per heavy atom. The van der Waals surface area contributed by atoms with Gasteiger partial charge in [0, 0.05) is 5.69 Å². The number of aromatic amines is 1. The largest absolute Gasteiger partial charge is 0.315 e. The third-order valence-electron chi connectivity index (χ3n) is 2.00. The van der Waals surface area contributed by atoms with Crippen molar-refractivity contribution in [2.75, 3.05) is 4.72 Å². The van der Waals surface area contributed by atoms with E-state index in [1.54, 1.807) is 0 Å². The molecule has 0 radical (unpaired) electrons. The molecule has 2 aromatic heterocycles. The maximum Gasteiger partial charge on any atom is 0.306 e. The molecule has 96 valence electrons. The van der Waals surface area contributed by atoms with Gasteiger partial charge in [0.25, 0.3) is 10.0 Å². The topological polar surface area (TPSA) is 91.9 Å². The second-order valence-corrected chi connectivity index (χ2v) is 6.26. The van der Waals surface area contributed by atoms with Gasteiger partial charge in [-0.25, -0.2) is 13.4 Å². The Morgan fingerprint density at radius 3 is 2.67 bits per heavy atom. The van der Waals surface area contributed by atoms with Crippen LogP contribution in [-0.4, -0.2) is 18.4 Å². The van der Waals surface area contributed by atoms with Crippen molar-refractivity contribution in [2.24, 2.45) is 0 Å². The predicted octanol–water partition coefficient (Wildman–Crippen LogP) is 1.08. The standard InChI is InChI=1S/C9H8FN3O3S2/c1-5-8(17-9(14)12-5)18(15,16)13-6-2-3-7(10)11-4-6/h2-4,13H,1H3,(H,12,14). The number of nitrogens with one attached hydrogen (secondary N) is 2. The number of aryl methyl sites for hydroxylation is 1. The zero-order chi connectivity index (χ0) is 13.3. The number of aromatic nitrogens is 2. The third kappa shape index (κ3) is 2.57. The molecule has 0 saturated carbocycles. The number of hydrogen-bond acceptors (Lipinski definition) is 5. The molecule has 0 aromatic carbocycles. The molecule has 0 atom stereocenters. The van der Waals surface area contributed by atoms with Crippen LogP contribution in [0.2, 0.25) is 0 Å². The molecule has 0 spiro atoms. The monoisotopic (exact) mass is 289 g/mol. The number of hydrogen-bond donors (Lipinski definition) is 2. The van der Waals surface area contributed by atoms with Crippen LogP contribution in [0.3, 0.4) is 0 Å². The highest BCUT2D eigenvalue weighted by molar-refractivity contribution is 7.94. The predicted molar refractivity (Wildman–Crippen MR) is 64.7 cm³/mol. The molecule has 0 amide bonds. The van der Waals surface area contributed by atoms with Crippen molar-refractivity contribution in [3.05, 3.63) is 39.6 Å². The SMILES string of the molecule is Cc1[nH]c(=O)sc1S(=O)(=O)Nc1ccc(F)nc1. The van der Waals surface area contributed by atoms with E-state index in [-0.39, 0.29) is 15.6 Å². The first kappa shape index (κ1) is 12.7. The van der Waals surface area contributed by atoms with Crippen molar-refractivity contribution >= 4 is 27.0 Å². The zero-order valence-corrected chi connectivity index (χ0v) is 10.7. The average Bonchev–Trinajstić information content (AvgIpc) is 2.62. The molecule has 2 aromatic rings. The van der Waals surface area contributed by atoms with Crippen LogP contribution in [0.5, 0.6) is 0 Å². The van der Waals surface area contributed by atoms with Gasteiger partial charge in [-0.2, -0.15) is 4.39 Å². The summed E-state index contributed by atoms with van der Waals surface area (Å²) in [5.74, 6) is -0.708. The van der Waals surface area contributed by atoms with Gasteiger partial charge in [0.1, 0.15) is 0 Å². The van der Waals surface area contributed by atoms with Crippen molar-refractivity contribution in [1.29, 1.82) is 0 Å². The lowest BCUT2D eigenvalue weighted by Crippen LogP contribution is -2.12. The minimum atomic E-state index is -3.86. The second-order valence-electron chi connectivity index (χ2n) is 3.40. The fourth-order valence-corrected chi connectivity index (χ4v) is 3.63. The van der Waals surface area contributed by atoms with Crippen LogP contribution in [0.1, 0.15) is 5.69 Å². The number of sulfonamides is 1. The van der Waals surface area contributed by atoms with Crippen molar-refractivity contribution in [3.63, 3.8) is 0 Å². The summed E-state index contributed by atoms with van der Waals surface area (Å²) >= 11 is 0.588. The van der Waals surface area contributed by atoms with Crippen LogP contribution >= 0.6 is 11.3 Å². The number of anilines is 1. The van der Waals surface area contributed by atoms with Gasteiger partial charge in [0.2, 0.25) is 5.95 Å². The number of thiazole rings is 1. The summed E-state index contributed by atoms with van der Waals surface area (Å²) in [4.78, 5) is 16.3. The third-order valence-corrected chi connectivity index (χ3v) is 4.99. The maximum atomic E-state index is 12.6. The van der Waals surface area contributed by atoms with Gasteiger partial charge in [-0.05, 0) is 19.1 Å². The average molecular weight is 289 g/mol. The Bertz CT molecular complexity index is 718. The van der Waals surface area contributed by atoms with E-state index in [9.17, 15) is 17.6 Å². The molecule has 0 aliphatic carbocycles. The Balaban J connectivity index is 2.36. The molecule has 0 saturated heterocycles. The van der Waals surface area contributed by atoms with Crippen molar-refractivity contribution in [3.8, 4) is 0 Å². The van der Waals surface area contributed by atoms with E-state index in [1.165, 1.54) is 13.0 Å². The molecule has 2 heterocycles. The highest BCUT2D eigenvalue weighted by Crippen LogP contribution is 2.19. The minimum Gasteiger partial charge on any atom is -0.315 e. The van der Waals surface area contributed by atoms with Gasteiger partial charge >= 0.3 is 4.87 Å². The summed E-state index contributed by atoms with van der Waals surface area (Å²) in [6.45, 7) is 1.48. The van der Waals surface area contributed by atoms with Crippen LogP contribution in [0.4, 0.5) is 10.1 Å². The van der Waals surface area contributed by atoms with E-state index in [2.05, 4.69) is 14.7 Å². The first-order valence-electron chi connectivity index (χ1n) is 4.72. The van der Waals surface area contributed by atoms with Gasteiger partial charge in [-0.1, -0.05) is 11.3 Å². The smallest absolute Gasteiger partial charge is 0.306 e. The number of H-pyrrole nitrogens is 1. The molecule has 2 N–H and O–H groups in total. The van der Waals surface area contributed by atoms with Gasteiger partial charge in [-0.3, -0.25) is 9.52 Å². The number of rotatable bonds is 3. The van der Waals surface area contributed by atoms with E-state index >= 15 is 0 Å². The van der Waals surface area contributed by atoms with Gasteiger partial charge in [-0.15, -0.1) is 0 Å². The lowest BCUT2D eigenvalue weighted by molar-refractivity contribution is 0.583. The van der Waals surface area contributed by atoms with Crippen molar-refractivity contribution < 1.29 is 12.8 Å². The fourth-order valence-electron chi connectivity index (χ4n) is 1.28. The van der Waals surface area contributed by atoms with Crippen LogP contribution in [0.15, 0.2) is 27.3 Å². The Morgan fingerprint density at radius 2 is 2.17 bits per heavy atom.